The van der Waals surface area contributed by atoms with Crippen LogP contribution < -0.4 is 0 Å². The summed E-state index contributed by atoms with van der Waals surface area (Å²) in [5.74, 6) is -1.56. The second-order valence-corrected chi connectivity index (χ2v) is 5.41. The molecule has 1 aliphatic heterocycles. The Balaban J connectivity index is 1.84. The molecule has 0 spiro atoms. The van der Waals surface area contributed by atoms with Crippen LogP contribution in [0.1, 0.15) is 31.1 Å². The van der Waals surface area contributed by atoms with Gasteiger partial charge in [0.2, 0.25) is 0 Å². The lowest BCUT2D eigenvalue weighted by molar-refractivity contribution is -0.136. The van der Waals surface area contributed by atoms with Crippen molar-refractivity contribution in [1.82, 2.24) is 9.78 Å². The van der Waals surface area contributed by atoms with E-state index in [4.69, 9.17) is 9.84 Å². The molecule has 116 valence electrons. The largest absolute Gasteiger partial charge is 0.481 e. The molecule has 22 heavy (non-hydrogen) atoms. The molecule has 0 bridgehead atoms. The highest BCUT2D eigenvalue weighted by Gasteiger charge is 2.17. The molecule has 6 heteroatoms. The van der Waals surface area contributed by atoms with Gasteiger partial charge in [0.15, 0.2) is 0 Å². The summed E-state index contributed by atoms with van der Waals surface area (Å²) in [5, 5.41) is 13.1. The van der Waals surface area contributed by atoms with Gasteiger partial charge >= 0.3 is 5.97 Å². The van der Waals surface area contributed by atoms with Crippen LogP contribution in [0, 0.1) is 5.82 Å². The Morgan fingerprint density at radius 2 is 2.27 bits per heavy atom. The molecule has 2 heterocycles. The van der Waals surface area contributed by atoms with Crippen LogP contribution in [-0.4, -0.2) is 27.5 Å². The molecular weight excluding hydrogens is 287 g/mol. The highest BCUT2D eigenvalue weighted by molar-refractivity contribution is 5.72. The van der Waals surface area contributed by atoms with Crippen molar-refractivity contribution in [2.45, 2.75) is 31.9 Å². The molecule has 0 saturated carbocycles. The first-order valence-electron chi connectivity index (χ1n) is 7.30. The number of benzene rings is 1. The van der Waals surface area contributed by atoms with E-state index in [2.05, 4.69) is 5.10 Å². The van der Waals surface area contributed by atoms with Crippen LogP contribution in [0.15, 0.2) is 30.6 Å². The minimum atomic E-state index is -1.05. The Morgan fingerprint density at radius 3 is 3.00 bits per heavy atom. The van der Waals surface area contributed by atoms with E-state index in [9.17, 15) is 9.18 Å². The Hall–Kier alpha value is -2.21. The standard InChI is InChI=1S/C16H17FN2O3/c17-14-5-4-11(7-12(14)8-16(20)21)13-9-18-19(10-13)15-3-1-2-6-22-15/h4-5,7,9-10,15H,1-3,6,8H2,(H,20,21). The number of hydrogen-bond acceptors (Lipinski definition) is 3. The third kappa shape index (κ3) is 3.17. The maximum absolute atomic E-state index is 13.6. The maximum Gasteiger partial charge on any atom is 0.307 e. The van der Waals surface area contributed by atoms with Crippen molar-refractivity contribution in [2.75, 3.05) is 6.61 Å². The van der Waals surface area contributed by atoms with Gasteiger partial charge in [-0.05, 0) is 42.5 Å². The molecule has 0 aliphatic carbocycles. The molecule has 1 aromatic heterocycles. The lowest BCUT2D eigenvalue weighted by Gasteiger charge is -2.22. The fourth-order valence-corrected chi connectivity index (χ4v) is 2.63. The summed E-state index contributed by atoms with van der Waals surface area (Å²) >= 11 is 0. The van der Waals surface area contributed by atoms with E-state index >= 15 is 0 Å². The van der Waals surface area contributed by atoms with Crippen molar-refractivity contribution >= 4 is 5.97 Å². The summed E-state index contributed by atoms with van der Waals surface area (Å²) < 4.78 is 21.1. The van der Waals surface area contributed by atoms with Crippen LogP contribution in [0.25, 0.3) is 11.1 Å². The van der Waals surface area contributed by atoms with E-state index in [0.717, 1.165) is 37.0 Å². The van der Waals surface area contributed by atoms with Crippen molar-refractivity contribution in [3.05, 3.63) is 42.0 Å². The summed E-state index contributed by atoms with van der Waals surface area (Å²) in [6.07, 6.45) is 6.26. The van der Waals surface area contributed by atoms with Crippen LogP contribution in [0.2, 0.25) is 0 Å². The zero-order chi connectivity index (χ0) is 15.5. The molecule has 1 unspecified atom stereocenters. The average molecular weight is 304 g/mol. The number of aliphatic carboxylic acids is 1. The lowest BCUT2D eigenvalue weighted by atomic mass is 10.0. The SMILES string of the molecule is O=C(O)Cc1cc(-c2cnn(C3CCCCO3)c2)ccc1F. The number of rotatable bonds is 4. The molecule has 0 amide bonds. The number of hydrogen-bond donors (Lipinski definition) is 1. The van der Waals surface area contributed by atoms with E-state index in [0.29, 0.717) is 0 Å². The third-order valence-corrected chi connectivity index (χ3v) is 3.77. The molecule has 1 saturated heterocycles. The number of carboxylic acids is 1. The van der Waals surface area contributed by atoms with Gasteiger partial charge in [-0.25, -0.2) is 9.07 Å². The van der Waals surface area contributed by atoms with Gasteiger partial charge in [0.05, 0.1) is 12.6 Å². The van der Waals surface area contributed by atoms with Gasteiger partial charge in [-0.1, -0.05) is 6.07 Å². The summed E-state index contributed by atoms with van der Waals surface area (Å²) in [7, 11) is 0. The van der Waals surface area contributed by atoms with Gasteiger partial charge in [-0.3, -0.25) is 4.79 Å². The van der Waals surface area contributed by atoms with Gasteiger partial charge in [0.25, 0.3) is 0 Å². The quantitative estimate of drug-likeness (QED) is 0.943. The van der Waals surface area contributed by atoms with Crippen molar-refractivity contribution in [3.8, 4) is 11.1 Å². The van der Waals surface area contributed by atoms with Crippen LogP contribution in [0.5, 0.6) is 0 Å². The van der Waals surface area contributed by atoms with Crippen molar-refractivity contribution in [2.24, 2.45) is 0 Å². The van der Waals surface area contributed by atoms with E-state index in [1.54, 1.807) is 23.0 Å². The molecule has 3 rings (SSSR count). The van der Waals surface area contributed by atoms with Crippen molar-refractivity contribution in [1.29, 1.82) is 0 Å². The minimum absolute atomic E-state index is 0.0542. The zero-order valence-electron chi connectivity index (χ0n) is 12.0. The summed E-state index contributed by atoms with van der Waals surface area (Å²) in [6, 6.07) is 4.48. The number of aromatic nitrogens is 2. The smallest absolute Gasteiger partial charge is 0.307 e. The van der Waals surface area contributed by atoms with Gasteiger partial charge in [-0.2, -0.15) is 5.10 Å². The first-order valence-corrected chi connectivity index (χ1v) is 7.30. The van der Waals surface area contributed by atoms with Gasteiger partial charge in [0.1, 0.15) is 12.0 Å². The molecular formula is C16H17FN2O3. The number of ether oxygens (including phenoxy) is 1. The Bertz CT molecular complexity index is 678. The number of carboxylic acid groups (broad SMARTS) is 1. The average Bonchev–Trinajstić information content (AvgIpc) is 3.00. The van der Waals surface area contributed by atoms with Crippen molar-refractivity contribution in [3.63, 3.8) is 0 Å². The Morgan fingerprint density at radius 1 is 1.41 bits per heavy atom. The van der Waals surface area contributed by atoms with Gasteiger partial charge in [-0.15, -0.1) is 0 Å². The zero-order valence-corrected chi connectivity index (χ0v) is 12.0. The predicted molar refractivity (Wildman–Crippen MR) is 77.8 cm³/mol. The second kappa shape index (κ2) is 6.27. The predicted octanol–water partition coefficient (Wildman–Crippen LogP) is 3.02. The monoisotopic (exact) mass is 304 g/mol. The third-order valence-electron chi connectivity index (χ3n) is 3.77. The summed E-state index contributed by atoms with van der Waals surface area (Å²) in [5.41, 5.74) is 1.74. The highest BCUT2D eigenvalue weighted by Crippen LogP contribution is 2.26. The van der Waals surface area contributed by atoms with E-state index in [1.165, 1.54) is 6.07 Å². The van der Waals surface area contributed by atoms with Crippen LogP contribution in [0.3, 0.4) is 0 Å². The number of nitrogens with zero attached hydrogens (tertiary/aromatic N) is 2. The maximum atomic E-state index is 13.6. The summed E-state index contributed by atoms with van der Waals surface area (Å²) in [6.45, 7) is 0.735. The summed E-state index contributed by atoms with van der Waals surface area (Å²) in [4.78, 5) is 10.8. The highest BCUT2D eigenvalue weighted by atomic mass is 19.1. The Labute approximate surface area is 127 Å². The normalized spacial score (nSPS) is 18.3. The van der Waals surface area contributed by atoms with Crippen molar-refractivity contribution < 1.29 is 19.0 Å². The number of halogens is 1. The lowest BCUT2D eigenvalue weighted by Crippen LogP contribution is -2.18. The van der Waals surface area contributed by atoms with E-state index in [-0.39, 0.29) is 18.2 Å². The molecule has 2 aromatic rings. The molecule has 1 fully saturated rings. The first-order chi connectivity index (χ1) is 10.6. The second-order valence-electron chi connectivity index (χ2n) is 5.41. The fraction of sp³-hybridized carbons (Fsp3) is 0.375. The van der Waals surface area contributed by atoms with Crippen LogP contribution >= 0.6 is 0 Å². The topological polar surface area (TPSA) is 64.3 Å². The molecule has 1 atom stereocenters. The molecule has 1 aliphatic rings. The Kier molecular flexibility index (Phi) is 4.20. The van der Waals surface area contributed by atoms with Gasteiger partial charge in [0, 0.05) is 18.4 Å². The van der Waals surface area contributed by atoms with Crippen LogP contribution in [0.4, 0.5) is 4.39 Å². The van der Waals surface area contributed by atoms with Gasteiger partial charge < -0.3 is 9.84 Å². The number of carbonyl (C=O) groups is 1. The minimum Gasteiger partial charge on any atom is -0.481 e. The van der Waals surface area contributed by atoms with E-state index in [1.807, 2.05) is 6.20 Å². The molecule has 1 N–H and O–H groups in total. The molecule has 0 radical (unpaired) electrons. The molecule has 1 aromatic carbocycles. The fourth-order valence-electron chi connectivity index (χ4n) is 2.63. The first kappa shape index (κ1) is 14.7. The van der Waals surface area contributed by atoms with E-state index < -0.39 is 11.8 Å². The molecule has 5 nitrogen and oxygen atoms in total. The van der Waals surface area contributed by atoms with Crippen LogP contribution in [-0.2, 0) is 16.0 Å².